The van der Waals surface area contributed by atoms with Crippen LogP contribution in [0.3, 0.4) is 0 Å². The molecule has 6 nitrogen and oxygen atoms in total. The fraction of sp³-hybridized carbons (Fsp3) is 0.438. The number of halogens is 1. The number of carboxylic acid groups (broad SMARTS) is 1. The molecule has 2 atom stereocenters. The summed E-state index contributed by atoms with van der Waals surface area (Å²) in [5.41, 5.74) is 0.536. The maximum atomic E-state index is 11.9. The number of hydrogen-bond donors (Lipinski definition) is 3. The Kier molecular flexibility index (Phi) is 6.15. The van der Waals surface area contributed by atoms with E-state index in [1.807, 2.05) is 0 Å². The quantitative estimate of drug-likeness (QED) is 0.700. The largest absolute Gasteiger partial charge is 0.481 e. The standard InChI is InChI=1S/C16H19BrN2O4/c17-12-4-1-10(2-5-12)15(21)18-8-7-14(20)19-13-6-3-11(9-13)16(22)23/h1-2,4-5,11,13H,3,6-9H2,(H,18,21)(H,19,20)(H,22,23)/t11-,13+/m1/s1. The van der Waals surface area contributed by atoms with E-state index in [1.54, 1.807) is 24.3 Å². The predicted molar refractivity (Wildman–Crippen MR) is 88.0 cm³/mol. The second-order valence-corrected chi connectivity index (χ2v) is 6.54. The lowest BCUT2D eigenvalue weighted by Gasteiger charge is -2.12. The van der Waals surface area contributed by atoms with Crippen molar-refractivity contribution in [2.75, 3.05) is 6.54 Å². The zero-order valence-electron chi connectivity index (χ0n) is 12.5. The summed E-state index contributed by atoms with van der Waals surface area (Å²) in [5, 5.41) is 14.4. The van der Waals surface area contributed by atoms with Crippen LogP contribution >= 0.6 is 15.9 Å². The number of rotatable bonds is 6. The highest BCUT2D eigenvalue weighted by Crippen LogP contribution is 2.25. The van der Waals surface area contributed by atoms with Gasteiger partial charge in [0.2, 0.25) is 5.91 Å². The Morgan fingerprint density at radius 2 is 1.87 bits per heavy atom. The summed E-state index contributed by atoms with van der Waals surface area (Å²) in [6.45, 7) is 0.246. The van der Waals surface area contributed by atoms with Crippen molar-refractivity contribution in [3.05, 3.63) is 34.3 Å². The Balaban J connectivity index is 1.68. The van der Waals surface area contributed by atoms with Gasteiger partial charge >= 0.3 is 5.97 Å². The Morgan fingerprint density at radius 3 is 2.48 bits per heavy atom. The van der Waals surface area contributed by atoms with Gasteiger partial charge in [0.1, 0.15) is 0 Å². The van der Waals surface area contributed by atoms with Crippen LogP contribution in [0.1, 0.15) is 36.0 Å². The van der Waals surface area contributed by atoms with Gasteiger partial charge in [0.05, 0.1) is 5.92 Å². The maximum Gasteiger partial charge on any atom is 0.306 e. The molecule has 0 unspecified atom stereocenters. The number of nitrogens with one attached hydrogen (secondary N) is 2. The molecule has 0 saturated heterocycles. The van der Waals surface area contributed by atoms with Gasteiger partial charge in [0.25, 0.3) is 5.91 Å². The molecule has 0 radical (unpaired) electrons. The molecular weight excluding hydrogens is 364 g/mol. The molecule has 23 heavy (non-hydrogen) atoms. The van der Waals surface area contributed by atoms with Crippen molar-refractivity contribution >= 4 is 33.7 Å². The minimum Gasteiger partial charge on any atom is -0.481 e. The first kappa shape index (κ1) is 17.5. The smallest absolute Gasteiger partial charge is 0.306 e. The van der Waals surface area contributed by atoms with Crippen molar-refractivity contribution in [3.8, 4) is 0 Å². The molecule has 124 valence electrons. The number of benzene rings is 1. The average Bonchev–Trinajstić information content (AvgIpc) is 2.96. The van der Waals surface area contributed by atoms with Gasteiger partial charge in [-0.05, 0) is 43.5 Å². The highest BCUT2D eigenvalue weighted by atomic mass is 79.9. The van der Waals surface area contributed by atoms with Crippen molar-refractivity contribution in [1.29, 1.82) is 0 Å². The van der Waals surface area contributed by atoms with Gasteiger partial charge in [0.15, 0.2) is 0 Å². The molecule has 1 saturated carbocycles. The average molecular weight is 383 g/mol. The lowest BCUT2D eigenvalue weighted by atomic mass is 10.1. The second kappa shape index (κ2) is 8.10. The van der Waals surface area contributed by atoms with Crippen LogP contribution in [-0.4, -0.2) is 35.5 Å². The van der Waals surface area contributed by atoms with Crippen LogP contribution in [0.5, 0.6) is 0 Å². The Morgan fingerprint density at radius 1 is 1.17 bits per heavy atom. The van der Waals surface area contributed by atoms with Gasteiger partial charge in [-0.25, -0.2) is 0 Å². The van der Waals surface area contributed by atoms with Crippen LogP contribution in [0.15, 0.2) is 28.7 Å². The van der Waals surface area contributed by atoms with E-state index in [0.717, 1.165) is 4.47 Å². The molecule has 0 heterocycles. The molecule has 0 spiro atoms. The summed E-state index contributed by atoms with van der Waals surface area (Å²) in [4.78, 5) is 34.6. The Hall–Kier alpha value is -1.89. The minimum absolute atomic E-state index is 0.0780. The predicted octanol–water partition coefficient (Wildman–Crippen LogP) is 1.94. The van der Waals surface area contributed by atoms with Crippen molar-refractivity contribution < 1.29 is 19.5 Å². The van der Waals surface area contributed by atoms with Crippen LogP contribution in [0.25, 0.3) is 0 Å². The lowest BCUT2D eigenvalue weighted by Crippen LogP contribution is -2.36. The zero-order chi connectivity index (χ0) is 16.8. The van der Waals surface area contributed by atoms with Gasteiger partial charge in [-0.15, -0.1) is 0 Å². The van der Waals surface area contributed by atoms with Crippen LogP contribution in [-0.2, 0) is 9.59 Å². The van der Waals surface area contributed by atoms with E-state index < -0.39 is 5.97 Å². The van der Waals surface area contributed by atoms with Crippen molar-refractivity contribution in [2.24, 2.45) is 5.92 Å². The number of amides is 2. The van der Waals surface area contributed by atoms with E-state index in [0.29, 0.717) is 24.8 Å². The molecule has 1 aliphatic carbocycles. The van der Waals surface area contributed by atoms with Crippen LogP contribution in [0.2, 0.25) is 0 Å². The molecule has 1 aliphatic rings. The van der Waals surface area contributed by atoms with Crippen molar-refractivity contribution in [1.82, 2.24) is 10.6 Å². The molecule has 0 aromatic heterocycles. The number of carboxylic acids is 1. The lowest BCUT2D eigenvalue weighted by molar-refractivity contribution is -0.141. The highest BCUT2D eigenvalue weighted by Gasteiger charge is 2.30. The Labute approximate surface area is 142 Å². The number of hydrogen-bond acceptors (Lipinski definition) is 3. The molecule has 7 heteroatoms. The fourth-order valence-corrected chi connectivity index (χ4v) is 2.89. The topological polar surface area (TPSA) is 95.5 Å². The highest BCUT2D eigenvalue weighted by molar-refractivity contribution is 9.10. The van der Waals surface area contributed by atoms with Crippen molar-refractivity contribution in [2.45, 2.75) is 31.7 Å². The third-order valence-corrected chi connectivity index (χ3v) is 4.42. The van der Waals surface area contributed by atoms with E-state index in [4.69, 9.17) is 5.11 Å². The second-order valence-electron chi connectivity index (χ2n) is 5.63. The molecule has 3 N–H and O–H groups in total. The van der Waals surface area contributed by atoms with E-state index in [2.05, 4.69) is 26.6 Å². The van der Waals surface area contributed by atoms with Crippen LogP contribution in [0, 0.1) is 5.92 Å². The monoisotopic (exact) mass is 382 g/mol. The maximum absolute atomic E-state index is 11.9. The molecule has 2 rings (SSSR count). The van der Waals surface area contributed by atoms with Crippen LogP contribution < -0.4 is 10.6 Å². The summed E-state index contributed by atoms with van der Waals surface area (Å²) in [6, 6.07) is 6.88. The summed E-state index contributed by atoms with van der Waals surface area (Å²) < 4.78 is 0.893. The summed E-state index contributed by atoms with van der Waals surface area (Å²) >= 11 is 3.30. The normalized spacial score (nSPS) is 20.0. The molecule has 1 aromatic carbocycles. The van der Waals surface area contributed by atoms with Gasteiger partial charge in [-0.2, -0.15) is 0 Å². The van der Waals surface area contributed by atoms with Crippen molar-refractivity contribution in [3.63, 3.8) is 0 Å². The molecular formula is C16H19BrN2O4. The van der Waals surface area contributed by atoms with E-state index in [9.17, 15) is 14.4 Å². The number of carbonyl (C=O) groups is 3. The SMILES string of the molecule is O=C(CCNC(=O)c1ccc(Br)cc1)N[C@H]1CC[C@@H](C(=O)O)C1. The number of carbonyl (C=O) groups excluding carboxylic acids is 2. The summed E-state index contributed by atoms with van der Waals surface area (Å²) in [7, 11) is 0. The van der Waals surface area contributed by atoms with Gasteiger partial charge in [-0.1, -0.05) is 15.9 Å². The third kappa shape index (κ3) is 5.35. The molecule has 0 bridgehead atoms. The molecule has 0 aliphatic heterocycles. The first-order valence-corrected chi connectivity index (χ1v) is 8.31. The number of aliphatic carboxylic acids is 1. The fourth-order valence-electron chi connectivity index (χ4n) is 2.63. The first-order valence-electron chi connectivity index (χ1n) is 7.51. The van der Waals surface area contributed by atoms with E-state index in [-0.39, 0.29) is 36.7 Å². The van der Waals surface area contributed by atoms with E-state index in [1.165, 1.54) is 0 Å². The summed E-state index contributed by atoms with van der Waals surface area (Å²) in [6.07, 6.45) is 1.94. The van der Waals surface area contributed by atoms with Gasteiger partial charge in [0, 0.05) is 29.0 Å². The zero-order valence-corrected chi connectivity index (χ0v) is 14.1. The Bertz CT molecular complexity index is 588. The molecule has 2 amide bonds. The van der Waals surface area contributed by atoms with Gasteiger partial charge < -0.3 is 15.7 Å². The minimum atomic E-state index is -0.802. The molecule has 1 aromatic rings. The van der Waals surface area contributed by atoms with E-state index >= 15 is 0 Å². The van der Waals surface area contributed by atoms with Crippen LogP contribution in [0.4, 0.5) is 0 Å². The van der Waals surface area contributed by atoms with Gasteiger partial charge in [-0.3, -0.25) is 14.4 Å². The first-order chi connectivity index (χ1) is 11.0. The third-order valence-electron chi connectivity index (χ3n) is 3.89. The summed E-state index contributed by atoms with van der Waals surface area (Å²) in [5.74, 6) is -1.56. The molecule has 1 fully saturated rings.